The van der Waals surface area contributed by atoms with E-state index < -0.39 is 24.9 Å². The number of hydrogen-bond acceptors (Lipinski definition) is 3. The van der Waals surface area contributed by atoms with Gasteiger partial charge in [-0.05, 0) is 12.3 Å². The lowest BCUT2D eigenvalue weighted by molar-refractivity contribution is -0.113. The average molecular weight is 329 g/mol. The number of aliphatic hydroxyl groups is 1. The summed E-state index contributed by atoms with van der Waals surface area (Å²) in [5, 5.41) is 13.4. The number of hydrogen-bond donors (Lipinski definition) is 1. The first-order chi connectivity index (χ1) is 10.8. The fourth-order valence-electron chi connectivity index (χ4n) is 2.99. The summed E-state index contributed by atoms with van der Waals surface area (Å²) in [5.74, 6) is -3.99. The second-order valence-electron chi connectivity index (χ2n) is 6.58. The van der Waals surface area contributed by atoms with E-state index in [1.165, 1.54) is 11.1 Å². The highest BCUT2D eigenvalue weighted by Crippen LogP contribution is 2.33. The van der Waals surface area contributed by atoms with Crippen LogP contribution in [-0.4, -0.2) is 51.3 Å². The maximum Gasteiger partial charge on any atom is 0.257 e. The average Bonchev–Trinajstić information content (AvgIpc) is 2.88. The van der Waals surface area contributed by atoms with Crippen LogP contribution in [0, 0.1) is 11.8 Å². The number of likely N-dealkylation sites (tertiary alicyclic amines) is 1. The number of piperidine rings is 1. The molecular weight excluding hydrogens is 304 g/mol. The minimum absolute atomic E-state index is 0.000841. The van der Waals surface area contributed by atoms with Gasteiger partial charge in [0.25, 0.3) is 11.8 Å². The molecule has 1 fully saturated rings. The zero-order chi connectivity index (χ0) is 17.2. The Hall–Kier alpha value is -1.50. The zero-order valence-corrected chi connectivity index (χ0v) is 13.9. The Morgan fingerprint density at radius 3 is 2.78 bits per heavy atom. The maximum atomic E-state index is 13.7. The van der Waals surface area contributed by atoms with Crippen LogP contribution >= 0.6 is 0 Å². The molecule has 0 aromatic carbocycles. The van der Waals surface area contributed by atoms with E-state index in [4.69, 9.17) is 5.11 Å². The van der Waals surface area contributed by atoms with Crippen LogP contribution in [0.2, 0.25) is 0 Å². The number of amides is 1. The van der Waals surface area contributed by atoms with Crippen LogP contribution in [0.3, 0.4) is 0 Å². The largest absolute Gasteiger partial charge is 0.396 e. The second kappa shape index (κ2) is 6.95. The predicted molar refractivity (Wildman–Crippen MR) is 82.5 cm³/mol. The van der Waals surface area contributed by atoms with Gasteiger partial charge in [0.05, 0.1) is 30.0 Å². The molecule has 1 atom stereocenters. The lowest BCUT2D eigenvalue weighted by atomic mass is 9.94. The molecule has 1 aliphatic heterocycles. The Bertz CT molecular complexity index is 558. The summed E-state index contributed by atoms with van der Waals surface area (Å²) in [6, 6.07) is 0. The van der Waals surface area contributed by atoms with Crippen molar-refractivity contribution in [3.05, 3.63) is 17.5 Å². The smallest absolute Gasteiger partial charge is 0.257 e. The number of carbonyl (C=O) groups is 1. The molecule has 1 aromatic rings. The van der Waals surface area contributed by atoms with Crippen molar-refractivity contribution in [3.8, 4) is 0 Å². The van der Waals surface area contributed by atoms with Gasteiger partial charge in [-0.25, -0.2) is 8.78 Å². The van der Waals surface area contributed by atoms with Crippen molar-refractivity contribution < 1.29 is 18.7 Å². The molecule has 1 N–H and O–H groups in total. The molecule has 2 heterocycles. The van der Waals surface area contributed by atoms with Crippen LogP contribution < -0.4 is 0 Å². The second-order valence-corrected chi connectivity index (χ2v) is 6.58. The number of alkyl halides is 2. The third kappa shape index (κ3) is 3.71. The lowest BCUT2D eigenvalue weighted by Crippen LogP contribution is -2.50. The first-order valence-corrected chi connectivity index (χ1v) is 8.12. The van der Waals surface area contributed by atoms with Crippen LogP contribution in [-0.2, 0) is 13.0 Å². The number of halogens is 2. The van der Waals surface area contributed by atoms with Gasteiger partial charge in [0.15, 0.2) is 0 Å². The van der Waals surface area contributed by atoms with Gasteiger partial charge >= 0.3 is 0 Å². The third-order valence-electron chi connectivity index (χ3n) is 4.31. The predicted octanol–water partition coefficient (Wildman–Crippen LogP) is 2.19. The van der Waals surface area contributed by atoms with Gasteiger partial charge in [0.2, 0.25) is 0 Å². The molecule has 1 aliphatic rings. The Kier molecular flexibility index (Phi) is 5.39. The Morgan fingerprint density at radius 2 is 2.22 bits per heavy atom. The van der Waals surface area contributed by atoms with Crippen molar-refractivity contribution >= 4 is 5.91 Å². The van der Waals surface area contributed by atoms with Crippen molar-refractivity contribution in [1.82, 2.24) is 14.7 Å². The molecule has 1 unspecified atom stereocenters. The Balaban J connectivity index is 2.19. The van der Waals surface area contributed by atoms with Crippen molar-refractivity contribution in [3.63, 3.8) is 0 Å². The molecule has 1 amide bonds. The molecule has 5 nitrogen and oxygen atoms in total. The van der Waals surface area contributed by atoms with E-state index in [1.54, 1.807) is 0 Å². The molecule has 23 heavy (non-hydrogen) atoms. The standard InChI is InChI=1S/C16H25F2N3O2/c1-4-14-13(7-19-21(14)8-11(2)3)15(23)20-6-5-16(17,18)12(9-20)10-22/h7,11-12,22H,4-6,8-10H2,1-3H3. The highest BCUT2D eigenvalue weighted by atomic mass is 19.3. The molecule has 0 radical (unpaired) electrons. The number of aromatic nitrogens is 2. The van der Waals surface area contributed by atoms with Crippen molar-refractivity contribution in [1.29, 1.82) is 0 Å². The van der Waals surface area contributed by atoms with Crippen molar-refractivity contribution in [2.24, 2.45) is 11.8 Å². The molecule has 2 rings (SSSR count). The van der Waals surface area contributed by atoms with Gasteiger partial charge < -0.3 is 10.0 Å². The molecular formula is C16H25F2N3O2. The highest BCUT2D eigenvalue weighted by molar-refractivity contribution is 5.95. The number of carbonyl (C=O) groups excluding carboxylic acids is 1. The van der Waals surface area contributed by atoms with E-state index in [-0.39, 0.29) is 19.0 Å². The fraction of sp³-hybridized carbons (Fsp3) is 0.750. The minimum atomic E-state index is -2.92. The summed E-state index contributed by atoms with van der Waals surface area (Å²) in [4.78, 5) is 14.1. The summed E-state index contributed by atoms with van der Waals surface area (Å²) < 4.78 is 29.2. The number of rotatable bonds is 5. The zero-order valence-electron chi connectivity index (χ0n) is 13.9. The SMILES string of the molecule is CCc1c(C(=O)N2CCC(F)(F)C(CO)C2)cnn1CC(C)C. The third-order valence-corrected chi connectivity index (χ3v) is 4.31. The van der Waals surface area contributed by atoms with Crippen LogP contribution in [0.5, 0.6) is 0 Å². The van der Waals surface area contributed by atoms with E-state index in [1.807, 2.05) is 11.6 Å². The first-order valence-electron chi connectivity index (χ1n) is 8.12. The van der Waals surface area contributed by atoms with E-state index in [0.29, 0.717) is 24.4 Å². The fourth-order valence-corrected chi connectivity index (χ4v) is 2.99. The number of nitrogens with zero attached hydrogens (tertiary/aromatic N) is 3. The van der Waals surface area contributed by atoms with Gasteiger partial charge in [-0.15, -0.1) is 0 Å². The van der Waals surface area contributed by atoms with Crippen LogP contribution in [0.25, 0.3) is 0 Å². The molecule has 7 heteroatoms. The van der Waals surface area contributed by atoms with E-state index in [0.717, 1.165) is 5.69 Å². The summed E-state index contributed by atoms with van der Waals surface area (Å²) in [7, 11) is 0. The van der Waals surface area contributed by atoms with Crippen molar-refractivity contribution in [2.75, 3.05) is 19.7 Å². The first kappa shape index (κ1) is 17.8. The van der Waals surface area contributed by atoms with Crippen LogP contribution in [0.15, 0.2) is 6.20 Å². The quantitative estimate of drug-likeness (QED) is 0.901. The summed E-state index contributed by atoms with van der Waals surface area (Å²) in [5.41, 5.74) is 1.32. The molecule has 130 valence electrons. The Labute approximate surface area is 135 Å². The van der Waals surface area contributed by atoms with E-state index in [2.05, 4.69) is 18.9 Å². The lowest BCUT2D eigenvalue weighted by Gasteiger charge is -2.37. The molecule has 0 aliphatic carbocycles. The monoisotopic (exact) mass is 329 g/mol. The van der Waals surface area contributed by atoms with Gasteiger partial charge in [-0.1, -0.05) is 20.8 Å². The molecule has 0 saturated carbocycles. The van der Waals surface area contributed by atoms with E-state index in [9.17, 15) is 13.6 Å². The van der Waals surface area contributed by atoms with Gasteiger partial charge in [0.1, 0.15) is 0 Å². The van der Waals surface area contributed by atoms with Crippen LogP contribution in [0.4, 0.5) is 8.78 Å². The Morgan fingerprint density at radius 1 is 1.52 bits per heavy atom. The highest BCUT2D eigenvalue weighted by Gasteiger charge is 2.45. The number of aliphatic hydroxyl groups excluding tert-OH is 1. The van der Waals surface area contributed by atoms with Gasteiger partial charge in [-0.3, -0.25) is 9.48 Å². The summed E-state index contributed by atoms with van der Waals surface area (Å²) in [6.07, 6.45) is 1.77. The van der Waals surface area contributed by atoms with Crippen LogP contribution in [0.1, 0.15) is 43.2 Å². The molecule has 0 spiro atoms. The van der Waals surface area contributed by atoms with E-state index >= 15 is 0 Å². The topological polar surface area (TPSA) is 58.4 Å². The molecule has 1 aromatic heterocycles. The van der Waals surface area contributed by atoms with Crippen molar-refractivity contribution in [2.45, 2.75) is 46.1 Å². The molecule has 0 bridgehead atoms. The van der Waals surface area contributed by atoms with Gasteiger partial charge in [-0.2, -0.15) is 5.10 Å². The minimum Gasteiger partial charge on any atom is -0.396 e. The normalized spacial score (nSPS) is 21.0. The molecule has 1 saturated heterocycles. The maximum absolute atomic E-state index is 13.7. The summed E-state index contributed by atoms with van der Waals surface area (Å²) in [6.45, 7) is 6.06. The summed E-state index contributed by atoms with van der Waals surface area (Å²) >= 11 is 0. The van der Waals surface area contributed by atoms with Gasteiger partial charge in [0, 0.05) is 26.1 Å².